The van der Waals surface area contributed by atoms with Gasteiger partial charge in [-0.2, -0.15) is 0 Å². The van der Waals surface area contributed by atoms with E-state index in [0.717, 1.165) is 17.2 Å². The van der Waals surface area contributed by atoms with Crippen LogP contribution >= 0.6 is 0 Å². The number of esters is 1. The first-order valence-electron chi connectivity index (χ1n) is 6.47. The number of carbonyl (C=O) groups excluding carboxylic acids is 1. The van der Waals surface area contributed by atoms with E-state index in [-0.39, 0.29) is 13.2 Å². The number of ether oxygens (including phenoxy) is 2. The van der Waals surface area contributed by atoms with Crippen molar-refractivity contribution in [2.24, 2.45) is 0 Å². The van der Waals surface area contributed by atoms with Crippen LogP contribution in [0, 0.1) is 6.92 Å². The van der Waals surface area contributed by atoms with Crippen LogP contribution in [0.25, 0.3) is 11.0 Å². The molecule has 0 fully saturated rings. The van der Waals surface area contributed by atoms with Crippen LogP contribution in [0.3, 0.4) is 0 Å². The minimum absolute atomic E-state index is 0.123. The van der Waals surface area contributed by atoms with Crippen LogP contribution < -0.4 is 9.46 Å². The molecular weight excluding hydrogens is 310 g/mol. The van der Waals surface area contributed by atoms with E-state index in [1.165, 1.54) is 7.11 Å². The Balaban J connectivity index is 2.32. The molecule has 22 heavy (non-hydrogen) atoms. The van der Waals surface area contributed by atoms with Crippen molar-refractivity contribution >= 4 is 27.0 Å². The molecule has 0 aliphatic carbocycles. The van der Waals surface area contributed by atoms with Crippen LogP contribution in [-0.4, -0.2) is 34.4 Å². The maximum Gasteiger partial charge on any atom is 0.343 e. The number of aryl methyl sites for hydroxylation is 1. The summed E-state index contributed by atoms with van der Waals surface area (Å²) < 4.78 is 40.4. The number of para-hydroxylation sites is 1. The summed E-state index contributed by atoms with van der Waals surface area (Å²) in [7, 11) is -2.03. The summed E-state index contributed by atoms with van der Waals surface area (Å²) >= 11 is 0. The van der Waals surface area contributed by atoms with Gasteiger partial charge in [0.15, 0.2) is 17.9 Å². The molecular formula is C14H17NO6S. The van der Waals surface area contributed by atoms with E-state index in [2.05, 4.69) is 9.46 Å². The molecule has 0 saturated heterocycles. The molecule has 1 N–H and O–H groups in total. The second-order valence-corrected chi connectivity index (χ2v) is 6.56. The first-order chi connectivity index (χ1) is 10.3. The van der Waals surface area contributed by atoms with E-state index in [1.807, 2.05) is 0 Å². The zero-order valence-corrected chi connectivity index (χ0v) is 13.3. The number of sulfonamides is 1. The molecule has 120 valence electrons. The first kappa shape index (κ1) is 16.3. The van der Waals surface area contributed by atoms with Crippen LogP contribution in [0.5, 0.6) is 5.75 Å². The Morgan fingerprint density at radius 3 is 2.73 bits per heavy atom. The largest absolute Gasteiger partial charge is 0.478 e. The van der Waals surface area contributed by atoms with Crippen molar-refractivity contribution < 1.29 is 27.1 Å². The van der Waals surface area contributed by atoms with Crippen molar-refractivity contribution in [1.29, 1.82) is 0 Å². The Morgan fingerprint density at radius 1 is 1.36 bits per heavy atom. The topological polar surface area (TPSA) is 94.8 Å². The van der Waals surface area contributed by atoms with Gasteiger partial charge in [0.2, 0.25) is 10.0 Å². The molecule has 0 unspecified atom stereocenters. The monoisotopic (exact) mass is 327 g/mol. The molecule has 1 heterocycles. The van der Waals surface area contributed by atoms with Crippen molar-refractivity contribution in [1.82, 2.24) is 4.72 Å². The Labute approximate surface area is 128 Å². The zero-order chi connectivity index (χ0) is 16.3. The number of benzene rings is 1. The summed E-state index contributed by atoms with van der Waals surface area (Å²) in [6.07, 6.45) is 1.09. The average molecular weight is 327 g/mol. The fourth-order valence-corrected chi connectivity index (χ4v) is 2.40. The third kappa shape index (κ3) is 3.77. The molecule has 0 amide bonds. The standard InChI is InChI=1S/C14H17NO6S/c1-9-11(7-15-22(3,17)18)10-5-4-6-12(14(10)21-9)20-8-13(16)19-2/h4-6,15H,7-8H2,1-3H3. The number of fused-ring (bicyclic) bond motifs is 1. The number of hydrogen-bond donors (Lipinski definition) is 1. The lowest BCUT2D eigenvalue weighted by molar-refractivity contribution is -0.142. The van der Waals surface area contributed by atoms with Gasteiger partial charge in [0.1, 0.15) is 5.76 Å². The highest BCUT2D eigenvalue weighted by atomic mass is 32.2. The zero-order valence-electron chi connectivity index (χ0n) is 12.5. The van der Waals surface area contributed by atoms with Gasteiger partial charge in [-0.3, -0.25) is 0 Å². The normalized spacial score (nSPS) is 11.6. The van der Waals surface area contributed by atoms with Gasteiger partial charge in [-0.15, -0.1) is 0 Å². The fourth-order valence-electron chi connectivity index (χ4n) is 2.00. The van der Waals surface area contributed by atoms with Crippen molar-refractivity contribution in [2.45, 2.75) is 13.5 Å². The van der Waals surface area contributed by atoms with Gasteiger partial charge >= 0.3 is 5.97 Å². The van der Waals surface area contributed by atoms with Gasteiger partial charge < -0.3 is 13.9 Å². The molecule has 0 aliphatic heterocycles. The lowest BCUT2D eigenvalue weighted by Crippen LogP contribution is -2.21. The second kappa shape index (κ2) is 6.37. The highest BCUT2D eigenvalue weighted by Crippen LogP contribution is 2.32. The molecule has 0 radical (unpaired) electrons. The smallest absolute Gasteiger partial charge is 0.343 e. The summed E-state index contributed by atoms with van der Waals surface area (Å²) in [5.74, 6) is 0.483. The summed E-state index contributed by atoms with van der Waals surface area (Å²) in [5, 5.41) is 0.732. The van der Waals surface area contributed by atoms with Crippen LogP contribution in [0.4, 0.5) is 0 Å². The van der Waals surface area contributed by atoms with Gasteiger partial charge in [0, 0.05) is 17.5 Å². The molecule has 0 saturated carbocycles. The first-order valence-corrected chi connectivity index (χ1v) is 8.36. The van der Waals surface area contributed by atoms with E-state index in [0.29, 0.717) is 17.1 Å². The lowest BCUT2D eigenvalue weighted by Gasteiger charge is -2.05. The van der Waals surface area contributed by atoms with Crippen molar-refractivity contribution in [2.75, 3.05) is 20.0 Å². The molecule has 0 atom stereocenters. The summed E-state index contributed by atoms with van der Waals surface area (Å²) in [5.41, 5.74) is 1.19. The molecule has 2 aromatic rings. The number of hydrogen-bond acceptors (Lipinski definition) is 6. The SMILES string of the molecule is COC(=O)COc1cccc2c(CNS(C)(=O)=O)c(C)oc12. The fraction of sp³-hybridized carbons (Fsp3) is 0.357. The molecule has 7 nitrogen and oxygen atoms in total. The average Bonchev–Trinajstić information content (AvgIpc) is 2.77. The Hall–Kier alpha value is -2.06. The minimum Gasteiger partial charge on any atom is -0.478 e. The van der Waals surface area contributed by atoms with Gasteiger partial charge in [-0.25, -0.2) is 17.9 Å². The summed E-state index contributed by atoms with van der Waals surface area (Å²) in [6.45, 7) is 1.63. The number of nitrogens with one attached hydrogen (secondary N) is 1. The number of methoxy groups -OCH3 is 1. The summed E-state index contributed by atoms with van der Waals surface area (Å²) in [6, 6.07) is 5.21. The van der Waals surface area contributed by atoms with Crippen molar-refractivity contribution in [3.8, 4) is 5.75 Å². The Kier molecular flexibility index (Phi) is 4.72. The van der Waals surface area contributed by atoms with Crippen molar-refractivity contribution in [3.05, 3.63) is 29.5 Å². The lowest BCUT2D eigenvalue weighted by atomic mass is 10.1. The molecule has 2 rings (SSSR count). The van der Waals surface area contributed by atoms with E-state index in [4.69, 9.17) is 9.15 Å². The van der Waals surface area contributed by atoms with E-state index >= 15 is 0 Å². The molecule has 0 spiro atoms. The van der Waals surface area contributed by atoms with E-state index < -0.39 is 16.0 Å². The Bertz CT molecular complexity index is 793. The highest BCUT2D eigenvalue weighted by Gasteiger charge is 2.16. The van der Waals surface area contributed by atoms with Gasteiger partial charge in [-0.05, 0) is 13.0 Å². The van der Waals surface area contributed by atoms with Gasteiger partial charge in [0.25, 0.3) is 0 Å². The third-order valence-electron chi connectivity index (χ3n) is 3.07. The Morgan fingerprint density at radius 2 is 2.09 bits per heavy atom. The molecule has 1 aromatic heterocycles. The number of carbonyl (C=O) groups is 1. The quantitative estimate of drug-likeness (QED) is 0.805. The molecule has 8 heteroatoms. The van der Waals surface area contributed by atoms with E-state index in [9.17, 15) is 13.2 Å². The second-order valence-electron chi connectivity index (χ2n) is 4.73. The van der Waals surface area contributed by atoms with Crippen LogP contribution in [0.2, 0.25) is 0 Å². The van der Waals surface area contributed by atoms with E-state index in [1.54, 1.807) is 25.1 Å². The van der Waals surface area contributed by atoms with Crippen LogP contribution in [0.15, 0.2) is 22.6 Å². The number of rotatable bonds is 6. The minimum atomic E-state index is -3.30. The maximum atomic E-state index is 11.2. The molecule has 0 bridgehead atoms. The van der Waals surface area contributed by atoms with Crippen molar-refractivity contribution in [3.63, 3.8) is 0 Å². The highest BCUT2D eigenvalue weighted by molar-refractivity contribution is 7.88. The van der Waals surface area contributed by atoms with Crippen LogP contribution in [0.1, 0.15) is 11.3 Å². The number of furan rings is 1. The predicted octanol–water partition coefficient (Wildman–Crippen LogP) is 1.34. The maximum absolute atomic E-state index is 11.2. The van der Waals surface area contributed by atoms with Gasteiger partial charge in [0.05, 0.1) is 13.4 Å². The molecule has 1 aromatic carbocycles. The third-order valence-corrected chi connectivity index (χ3v) is 3.74. The molecule has 0 aliphatic rings. The summed E-state index contributed by atoms with van der Waals surface area (Å²) in [4.78, 5) is 11.2. The van der Waals surface area contributed by atoms with Gasteiger partial charge in [-0.1, -0.05) is 12.1 Å². The predicted molar refractivity (Wildman–Crippen MR) is 80.1 cm³/mol. The van der Waals surface area contributed by atoms with Crippen LogP contribution in [-0.2, 0) is 26.1 Å².